The summed E-state index contributed by atoms with van der Waals surface area (Å²) in [5.41, 5.74) is 0. The van der Waals surface area contributed by atoms with Crippen molar-refractivity contribution in [1.82, 2.24) is 0 Å². The highest BCUT2D eigenvalue weighted by atomic mass is 15.3. The van der Waals surface area contributed by atoms with Crippen LogP contribution in [-0.2, 0) is 0 Å². The lowest BCUT2D eigenvalue weighted by atomic mass is 10.1. The summed E-state index contributed by atoms with van der Waals surface area (Å²) in [7, 11) is 6.72. The van der Waals surface area contributed by atoms with Gasteiger partial charge in [0, 0.05) is 0 Å². The van der Waals surface area contributed by atoms with Gasteiger partial charge < -0.3 is 4.48 Å². The third kappa shape index (κ3) is 15.7. The van der Waals surface area contributed by atoms with E-state index in [0.29, 0.717) is 0 Å². The van der Waals surface area contributed by atoms with Gasteiger partial charge in [0.25, 0.3) is 0 Å². The Morgan fingerprint density at radius 2 is 1.17 bits per heavy atom. The van der Waals surface area contributed by atoms with Crippen molar-refractivity contribution in [2.24, 2.45) is 0 Å². The molecule has 0 aromatic heterocycles. The van der Waals surface area contributed by atoms with Gasteiger partial charge in [-0.1, -0.05) is 64.4 Å². The van der Waals surface area contributed by atoms with Crippen LogP contribution in [0.15, 0.2) is 12.2 Å². The summed E-state index contributed by atoms with van der Waals surface area (Å²) in [4.78, 5) is 0. The molecular weight excluding hydrogens is 218 g/mol. The smallest absolute Gasteiger partial charge is 0.0967 e. The van der Waals surface area contributed by atoms with Crippen LogP contribution in [0.25, 0.3) is 0 Å². The molecule has 1 nitrogen and oxygen atoms in total. The summed E-state index contributed by atoms with van der Waals surface area (Å²) in [5, 5.41) is 0. The molecule has 18 heavy (non-hydrogen) atoms. The topological polar surface area (TPSA) is 0 Å². The predicted octanol–water partition coefficient (Wildman–Crippen LogP) is 5.17. The number of rotatable bonds is 12. The molecule has 0 fully saturated rings. The Labute approximate surface area is 116 Å². The first-order valence-electron chi connectivity index (χ1n) is 8.01. The van der Waals surface area contributed by atoms with Crippen LogP contribution in [0, 0.1) is 0 Å². The fourth-order valence-corrected chi connectivity index (χ4v) is 2.08. The van der Waals surface area contributed by atoms with Gasteiger partial charge in [0.2, 0.25) is 0 Å². The average molecular weight is 254 g/mol. The number of nitrogens with zero attached hydrogens (tertiary/aromatic N) is 1. The molecule has 0 aromatic carbocycles. The van der Waals surface area contributed by atoms with E-state index in [4.69, 9.17) is 0 Å². The number of unbranched alkanes of at least 4 members (excludes halogenated alkanes) is 9. The maximum Gasteiger partial charge on any atom is 0.0967 e. The Morgan fingerprint density at radius 3 is 1.67 bits per heavy atom. The molecule has 0 N–H and O–H groups in total. The average Bonchev–Trinajstić information content (AvgIpc) is 2.29. The Kier molecular flexibility index (Phi) is 11.6. The lowest BCUT2D eigenvalue weighted by molar-refractivity contribution is -0.864. The van der Waals surface area contributed by atoms with Crippen LogP contribution in [0.2, 0.25) is 0 Å². The van der Waals surface area contributed by atoms with Crippen molar-refractivity contribution >= 4 is 0 Å². The van der Waals surface area contributed by atoms with Crippen molar-refractivity contribution in [3.05, 3.63) is 12.2 Å². The van der Waals surface area contributed by atoms with E-state index in [1.165, 1.54) is 64.2 Å². The summed E-state index contributed by atoms with van der Waals surface area (Å²) in [6.07, 6.45) is 18.8. The fourth-order valence-electron chi connectivity index (χ4n) is 2.08. The molecule has 0 rings (SSSR count). The SMILES string of the molecule is CCCCCCCCCCC/C=C/C[N+](C)(C)C. The maximum atomic E-state index is 2.37. The van der Waals surface area contributed by atoms with E-state index in [0.717, 1.165) is 11.0 Å². The van der Waals surface area contributed by atoms with Crippen LogP contribution >= 0.6 is 0 Å². The Balaban J connectivity index is 3.12. The van der Waals surface area contributed by atoms with Gasteiger partial charge in [-0.05, 0) is 18.9 Å². The molecule has 0 saturated heterocycles. The lowest BCUT2D eigenvalue weighted by Gasteiger charge is -2.21. The first-order valence-corrected chi connectivity index (χ1v) is 8.01. The first kappa shape index (κ1) is 17.7. The molecule has 0 radical (unpaired) electrons. The standard InChI is InChI=1S/C17H36N/c1-5-6-7-8-9-10-11-12-13-14-15-16-17-18(2,3)4/h15-16H,5-14,17H2,1-4H3/q+1/b16-15+. The summed E-state index contributed by atoms with van der Waals surface area (Å²) in [6.45, 7) is 3.43. The summed E-state index contributed by atoms with van der Waals surface area (Å²) in [6, 6.07) is 0. The quantitative estimate of drug-likeness (QED) is 0.256. The largest absolute Gasteiger partial charge is 0.328 e. The van der Waals surface area contributed by atoms with Crippen LogP contribution < -0.4 is 0 Å². The second kappa shape index (κ2) is 11.8. The van der Waals surface area contributed by atoms with E-state index in [2.05, 4.69) is 40.2 Å². The second-order valence-corrected chi connectivity index (χ2v) is 6.56. The minimum absolute atomic E-state index is 1.04. The molecule has 0 aliphatic heterocycles. The van der Waals surface area contributed by atoms with E-state index < -0.39 is 0 Å². The van der Waals surface area contributed by atoms with Crippen molar-refractivity contribution in [3.63, 3.8) is 0 Å². The zero-order chi connectivity index (χ0) is 13.7. The molecule has 108 valence electrons. The van der Waals surface area contributed by atoms with Gasteiger partial charge in [0.05, 0.1) is 27.7 Å². The minimum Gasteiger partial charge on any atom is -0.328 e. The minimum atomic E-state index is 1.04. The van der Waals surface area contributed by atoms with E-state index in [9.17, 15) is 0 Å². The van der Waals surface area contributed by atoms with Crippen LogP contribution in [-0.4, -0.2) is 32.2 Å². The number of allylic oxidation sites excluding steroid dienone is 1. The van der Waals surface area contributed by atoms with Crippen LogP contribution in [0.4, 0.5) is 0 Å². The van der Waals surface area contributed by atoms with Crippen molar-refractivity contribution in [3.8, 4) is 0 Å². The van der Waals surface area contributed by atoms with Crippen LogP contribution in [0.1, 0.15) is 71.1 Å². The van der Waals surface area contributed by atoms with Crippen molar-refractivity contribution in [1.29, 1.82) is 0 Å². The Hall–Kier alpha value is -0.300. The van der Waals surface area contributed by atoms with Gasteiger partial charge >= 0.3 is 0 Å². The molecule has 0 bridgehead atoms. The summed E-state index contributed by atoms with van der Waals surface area (Å²) >= 11 is 0. The third-order valence-corrected chi connectivity index (χ3v) is 3.29. The monoisotopic (exact) mass is 254 g/mol. The number of hydrogen-bond acceptors (Lipinski definition) is 0. The molecule has 0 aliphatic rings. The summed E-state index contributed by atoms with van der Waals surface area (Å²) in [5.74, 6) is 0. The van der Waals surface area contributed by atoms with Gasteiger partial charge in [-0.3, -0.25) is 0 Å². The van der Waals surface area contributed by atoms with E-state index in [1.807, 2.05) is 0 Å². The van der Waals surface area contributed by atoms with Crippen LogP contribution in [0.5, 0.6) is 0 Å². The fraction of sp³-hybridized carbons (Fsp3) is 0.882. The third-order valence-electron chi connectivity index (χ3n) is 3.29. The van der Waals surface area contributed by atoms with Gasteiger partial charge in [0.15, 0.2) is 0 Å². The molecule has 1 heteroatoms. The van der Waals surface area contributed by atoms with Crippen LogP contribution in [0.3, 0.4) is 0 Å². The van der Waals surface area contributed by atoms with E-state index >= 15 is 0 Å². The highest BCUT2D eigenvalue weighted by Crippen LogP contribution is 2.10. The molecule has 0 heterocycles. The van der Waals surface area contributed by atoms with Gasteiger partial charge in [0.1, 0.15) is 0 Å². The highest BCUT2D eigenvalue weighted by molar-refractivity contribution is 4.81. The lowest BCUT2D eigenvalue weighted by Crippen LogP contribution is -2.34. The molecule has 0 atom stereocenters. The molecular formula is C17H36N+. The second-order valence-electron chi connectivity index (χ2n) is 6.56. The zero-order valence-electron chi connectivity index (χ0n) is 13.4. The number of quaternary nitrogens is 1. The molecule has 0 unspecified atom stereocenters. The van der Waals surface area contributed by atoms with Gasteiger partial charge in [-0.15, -0.1) is 0 Å². The molecule has 0 amide bonds. The molecule has 0 spiro atoms. The number of likely N-dealkylation sites (N-methyl/N-ethyl adjacent to an activating group) is 1. The van der Waals surface area contributed by atoms with E-state index in [-0.39, 0.29) is 0 Å². The number of hydrogen-bond donors (Lipinski definition) is 0. The molecule has 0 aromatic rings. The normalized spacial score (nSPS) is 12.4. The highest BCUT2D eigenvalue weighted by Gasteiger charge is 2.01. The first-order chi connectivity index (χ1) is 8.56. The Bertz CT molecular complexity index is 188. The van der Waals surface area contributed by atoms with E-state index in [1.54, 1.807) is 0 Å². The molecule has 0 saturated carbocycles. The van der Waals surface area contributed by atoms with Gasteiger partial charge in [-0.25, -0.2) is 0 Å². The van der Waals surface area contributed by atoms with Crippen molar-refractivity contribution in [2.75, 3.05) is 27.7 Å². The van der Waals surface area contributed by atoms with Crippen molar-refractivity contribution < 1.29 is 4.48 Å². The predicted molar refractivity (Wildman–Crippen MR) is 83.9 cm³/mol. The molecule has 0 aliphatic carbocycles. The zero-order valence-corrected chi connectivity index (χ0v) is 13.4. The van der Waals surface area contributed by atoms with Crippen molar-refractivity contribution in [2.45, 2.75) is 71.1 Å². The summed E-state index contributed by atoms with van der Waals surface area (Å²) < 4.78 is 1.04. The maximum absolute atomic E-state index is 2.37. The van der Waals surface area contributed by atoms with Gasteiger partial charge in [-0.2, -0.15) is 0 Å². The Morgan fingerprint density at radius 1 is 0.667 bits per heavy atom.